The highest BCUT2D eigenvalue weighted by Crippen LogP contribution is 2.26. The van der Waals surface area contributed by atoms with E-state index >= 15 is 0 Å². The molecular formula is C13H24N4O. The van der Waals surface area contributed by atoms with Gasteiger partial charge >= 0.3 is 0 Å². The Kier molecular flexibility index (Phi) is 4.02. The third kappa shape index (κ3) is 2.90. The van der Waals surface area contributed by atoms with Gasteiger partial charge in [-0.2, -0.15) is 5.10 Å². The van der Waals surface area contributed by atoms with E-state index in [-0.39, 0.29) is 0 Å². The van der Waals surface area contributed by atoms with Crippen LogP contribution in [-0.2, 0) is 13.0 Å². The summed E-state index contributed by atoms with van der Waals surface area (Å²) in [6.07, 6.45) is 3.84. The van der Waals surface area contributed by atoms with E-state index in [0.717, 1.165) is 38.3 Å². The van der Waals surface area contributed by atoms with Gasteiger partial charge in [0.25, 0.3) is 0 Å². The Morgan fingerprint density at radius 3 is 2.61 bits per heavy atom. The summed E-state index contributed by atoms with van der Waals surface area (Å²) in [5.74, 6) is 0.901. The maximum Gasteiger partial charge on any atom is 0.138 e. The summed E-state index contributed by atoms with van der Waals surface area (Å²) < 4.78 is 1.87. The lowest BCUT2D eigenvalue weighted by molar-refractivity contribution is -0.0291. The summed E-state index contributed by atoms with van der Waals surface area (Å²) >= 11 is 0. The third-order valence-electron chi connectivity index (χ3n) is 3.94. The second-order valence-electron chi connectivity index (χ2n) is 5.52. The molecule has 18 heavy (non-hydrogen) atoms. The minimum atomic E-state index is -0.606. The Bertz CT molecular complexity index is 380. The second kappa shape index (κ2) is 5.36. The van der Waals surface area contributed by atoms with Gasteiger partial charge in [0.05, 0.1) is 5.60 Å². The normalized spacial score (nSPS) is 20.5. The van der Waals surface area contributed by atoms with Crippen molar-refractivity contribution in [3.05, 3.63) is 12.2 Å². The largest absolute Gasteiger partial charge is 0.389 e. The molecule has 0 amide bonds. The van der Waals surface area contributed by atoms with Gasteiger partial charge in [-0.25, -0.2) is 4.98 Å². The summed E-state index contributed by atoms with van der Waals surface area (Å²) in [6.45, 7) is 9.20. The Balaban J connectivity index is 1.97. The van der Waals surface area contributed by atoms with Crippen molar-refractivity contribution in [1.29, 1.82) is 0 Å². The van der Waals surface area contributed by atoms with Crippen molar-refractivity contribution >= 4 is 0 Å². The number of piperidine rings is 1. The van der Waals surface area contributed by atoms with E-state index in [1.807, 2.05) is 11.6 Å². The quantitative estimate of drug-likeness (QED) is 0.871. The van der Waals surface area contributed by atoms with Crippen LogP contribution < -0.4 is 0 Å². The van der Waals surface area contributed by atoms with Gasteiger partial charge in [-0.3, -0.25) is 4.68 Å². The molecule has 2 rings (SSSR count). The standard InChI is InChI=1S/C13H24N4O/c1-4-17-12(14-10-15-17)9-13(18)5-7-16(8-6-13)11(2)3/h10-11,18H,4-9H2,1-3H3. The Hall–Kier alpha value is -0.940. The Morgan fingerprint density at radius 2 is 2.06 bits per heavy atom. The molecule has 0 atom stereocenters. The topological polar surface area (TPSA) is 54.2 Å². The molecule has 0 aromatic carbocycles. The van der Waals surface area contributed by atoms with Gasteiger partial charge in [0.15, 0.2) is 0 Å². The van der Waals surface area contributed by atoms with E-state index in [1.54, 1.807) is 6.33 Å². The molecule has 5 nitrogen and oxygen atoms in total. The number of likely N-dealkylation sites (tertiary alicyclic amines) is 1. The number of aromatic nitrogens is 3. The molecule has 0 aliphatic carbocycles. The van der Waals surface area contributed by atoms with Crippen LogP contribution >= 0.6 is 0 Å². The molecule has 1 aliphatic heterocycles. The molecule has 2 heterocycles. The molecule has 1 aromatic heterocycles. The number of nitrogens with zero attached hydrogens (tertiary/aromatic N) is 4. The van der Waals surface area contributed by atoms with E-state index in [2.05, 4.69) is 28.8 Å². The molecule has 0 radical (unpaired) electrons. The Morgan fingerprint density at radius 1 is 1.39 bits per heavy atom. The minimum absolute atomic E-state index is 0.564. The molecule has 1 aliphatic rings. The van der Waals surface area contributed by atoms with Crippen molar-refractivity contribution in [2.24, 2.45) is 0 Å². The molecule has 0 spiro atoms. The van der Waals surface area contributed by atoms with E-state index in [9.17, 15) is 5.11 Å². The molecule has 0 saturated carbocycles. The summed E-state index contributed by atoms with van der Waals surface area (Å²) in [4.78, 5) is 6.67. The highest BCUT2D eigenvalue weighted by atomic mass is 16.3. The van der Waals surface area contributed by atoms with E-state index in [0.29, 0.717) is 12.5 Å². The van der Waals surface area contributed by atoms with Crippen molar-refractivity contribution in [3.63, 3.8) is 0 Å². The zero-order valence-electron chi connectivity index (χ0n) is 11.6. The first-order valence-corrected chi connectivity index (χ1v) is 6.87. The summed E-state index contributed by atoms with van der Waals surface area (Å²) in [5.41, 5.74) is -0.606. The van der Waals surface area contributed by atoms with Crippen LogP contribution in [0.3, 0.4) is 0 Å². The van der Waals surface area contributed by atoms with Crippen molar-refractivity contribution in [2.45, 2.75) is 58.2 Å². The summed E-state index contributed by atoms with van der Waals surface area (Å²) in [7, 11) is 0. The van der Waals surface area contributed by atoms with Crippen molar-refractivity contribution < 1.29 is 5.11 Å². The summed E-state index contributed by atoms with van der Waals surface area (Å²) in [5, 5.41) is 14.8. The van der Waals surface area contributed by atoms with E-state index in [1.165, 1.54) is 0 Å². The number of hydrogen-bond acceptors (Lipinski definition) is 4. The molecule has 1 saturated heterocycles. The van der Waals surface area contributed by atoms with Crippen LogP contribution in [0.1, 0.15) is 39.4 Å². The smallest absolute Gasteiger partial charge is 0.138 e. The van der Waals surface area contributed by atoms with Crippen molar-refractivity contribution in [1.82, 2.24) is 19.7 Å². The van der Waals surface area contributed by atoms with Gasteiger partial charge in [-0.15, -0.1) is 0 Å². The first-order valence-electron chi connectivity index (χ1n) is 6.87. The van der Waals surface area contributed by atoms with Gasteiger partial charge in [0, 0.05) is 32.1 Å². The van der Waals surface area contributed by atoms with Gasteiger partial charge in [0.1, 0.15) is 12.2 Å². The number of aryl methyl sites for hydroxylation is 1. The van der Waals surface area contributed by atoms with E-state index < -0.39 is 5.60 Å². The van der Waals surface area contributed by atoms with Crippen LogP contribution in [0.2, 0.25) is 0 Å². The van der Waals surface area contributed by atoms with Crippen LogP contribution in [0.4, 0.5) is 0 Å². The zero-order chi connectivity index (χ0) is 13.2. The van der Waals surface area contributed by atoms with Gasteiger partial charge < -0.3 is 10.0 Å². The van der Waals surface area contributed by atoms with Crippen molar-refractivity contribution in [2.75, 3.05) is 13.1 Å². The molecule has 1 N–H and O–H groups in total. The lowest BCUT2D eigenvalue weighted by Crippen LogP contribution is -2.48. The monoisotopic (exact) mass is 252 g/mol. The highest BCUT2D eigenvalue weighted by molar-refractivity contribution is 4.97. The van der Waals surface area contributed by atoms with Crippen LogP contribution in [0.15, 0.2) is 6.33 Å². The number of hydrogen-bond donors (Lipinski definition) is 1. The highest BCUT2D eigenvalue weighted by Gasteiger charge is 2.34. The van der Waals surface area contributed by atoms with Crippen molar-refractivity contribution in [3.8, 4) is 0 Å². The third-order valence-corrected chi connectivity index (χ3v) is 3.94. The molecule has 0 unspecified atom stereocenters. The fourth-order valence-corrected chi connectivity index (χ4v) is 2.62. The SMILES string of the molecule is CCn1ncnc1CC1(O)CCN(C(C)C)CC1. The van der Waals surface area contributed by atoms with Gasteiger partial charge in [0.2, 0.25) is 0 Å². The minimum Gasteiger partial charge on any atom is -0.389 e. The second-order valence-corrected chi connectivity index (χ2v) is 5.52. The van der Waals surface area contributed by atoms with Gasteiger partial charge in [-0.05, 0) is 33.6 Å². The van der Waals surface area contributed by atoms with E-state index in [4.69, 9.17) is 0 Å². The average molecular weight is 252 g/mol. The lowest BCUT2D eigenvalue weighted by Gasteiger charge is -2.39. The molecule has 1 fully saturated rings. The Labute approximate surface area is 109 Å². The fraction of sp³-hybridized carbons (Fsp3) is 0.846. The number of rotatable bonds is 4. The predicted molar refractivity (Wildman–Crippen MR) is 70.3 cm³/mol. The zero-order valence-corrected chi connectivity index (χ0v) is 11.6. The summed E-state index contributed by atoms with van der Waals surface area (Å²) in [6, 6.07) is 0.564. The van der Waals surface area contributed by atoms with Crippen LogP contribution in [0.25, 0.3) is 0 Å². The molecule has 1 aromatic rings. The average Bonchev–Trinajstić information content (AvgIpc) is 2.76. The maximum absolute atomic E-state index is 10.7. The van der Waals surface area contributed by atoms with Gasteiger partial charge in [-0.1, -0.05) is 0 Å². The first-order chi connectivity index (χ1) is 8.54. The van der Waals surface area contributed by atoms with Crippen LogP contribution in [0, 0.1) is 0 Å². The maximum atomic E-state index is 10.7. The molecule has 5 heteroatoms. The predicted octanol–water partition coefficient (Wildman–Crippen LogP) is 1.08. The fourth-order valence-electron chi connectivity index (χ4n) is 2.62. The first kappa shape index (κ1) is 13.5. The van der Waals surface area contributed by atoms with Crippen LogP contribution in [0.5, 0.6) is 0 Å². The number of aliphatic hydroxyl groups is 1. The van der Waals surface area contributed by atoms with Crippen LogP contribution in [-0.4, -0.2) is 49.5 Å². The molecule has 102 valence electrons. The lowest BCUT2D eigenvalue weighted by atomic mass is 9.87. The molecule has 0 bridgehead atoms. The molecular weight excluding hydrogens is 228 g/mol.